The summed E-state index contributed by atoms with van der Waals surface area (Å²) in [5, 5.41) is 3.08. The average molecular weight is 515 g/mol. The Balaban J connectivity index is 0.00000225. The number of halogens is 2. The highest BCUT2D eigenvalue weighted by molar-refractivity contribution is 14.0. The molecule has 1 aliphatic heterocycles. The van der Waals surface area contributed by atoms with Crippen molar-refractivity contribution in [3.8, 4) is 0 Å². The van der Waals surface area contributed by atoms with E-state index in [-0.39, 0.29) is 35.2 Å². The Kier molecular flexibility index (Phi) is 7.14. The summed E-state index contributed by atoms with van der Waals surface area (Å²) in [6.07, 6.45) is 6.41. The van der Waals surface area contributed by atoms with E-state index in [4.69, 9.17) is 10.7 Å². The molecule has 8 heteroatoms. The molecule has 0 atom stereocenters. The van der Waals surface area contributed by atoms with Crippen LogP contribution in [0.5, 0.6) is 0 Å². The molecule has 2 aromatic rings. The second-order valence-corrected chi connectivity index (χ2v) is 8.33. The highest BCUT2D eigenvalue weighted by atomic mass is 127. The van der Waals surface area contributed by atoms with Crippen LogP contribution in [0.25, 0.3) is 0 Å². The van der Waals surface area contributed by atoms with Gasteiger partial charge in [-0.25, -0.2) is 9.37 Å². The lowest BCUT2D eigenvalue weighted by molar-refractivity contribution is 0.376. The van der Waals surface area contributed by atoms with Gasteiger partial charge in [0, 0.05) is 43.2 Å². The fourth-order valence-electron chi connectivity index (χ4n) is 4.22. The van der Waals surface area contributed by atoms with Crippen LogP contribution in [0.15, 0.2) is 40.8 Å². The number of nitrogens with zero attached hydrogens (tertiary/aromatic N) is 4. The summed E-state index contributed by atoms with van der Waals surface area (Å²) >= 11 is 1.67. The van der Waals surface area contributed by atoms with Crippen molar-refractivity contribution in [3.05, 3.63) is 47.2 Å². The van der Waals surface area contributed by atoms with Crippen molar-refractivity contribution in [2.24, 2.45) is 10.7 Å². The molecule has 1 saturated carbocycles. The van der Waals surface area contributed by atoms with Crippen LogP contribution in [0.3, 0.4) is 0 Å². The smallest absolute Gasteiger partial charge is 0.191 e. The summed E-state index contributed by atoms with van der Waals surface area (Å²) in [5.41, 5.74) is 7.52. The van der Waals surface area contributed by atoms with Gasteiger partial charge in [-0.05, 0) is 30.5 Å². The first-order chi connectivity index (χ1) is 13.2. The van der Waals surface area contributed by atoms with Crippen LogP contribution in [0.1, 0.15) is 31.2 Å². The van der Waals surface area contributed by atoms with Gasteiger partial charge in [-0.3, -0.25) is 4.99 Å². The molecule has 5 nitrogen and oxygen atoms in total. The predicted octanol–water partition coefficient (Wildman–Crippen LogP) is 3.85. The van der Waals surface area contributed by atoms with Crippen molar-refractivity contribution in [1.29, 1.82) is 0 Å². The number of benzene rings is 1. The Morgan fingerprint density at radius 1 is 1.14 bits per heavy atom. The quantitative estimate of drug-likeness (QED) is 0.382. The van der Waals surface area contributed by atoms with Gasteiger partial charge in [0.25, 0.3) is 0 Å². The van der Waals surface area contributed by atoms with Crippen molar-refractivity contribution in [2.75, 3.05) is 37.6 Å². The summed E-state index contributed by atoms with van der Waals surface area (Å²) in [6, 6.07) is 6.94. The van der Waals surface area contributed by atoms with Crippen molar-refractivity contribution in [1.82, 2.24) is 9.88 Å². The van der Waals surface area contributed by atoms with Crippen LogP contribution in [-0.4, -0.2) is 48.6 Å². The number of aliphatic imine (C=N–C) groups is 1. The summed E-state index contributed by atoms with van der Waals surface area (Å²) in [5.74, 6) is 0.440. The first kappa shape index (κ1) is 21.3. The molecule has 0 amide bonds. The first-order valence-electron chi connectivity index (χ1n) is 9.62. The molecule has 1 aliphatic carbocycles. The van der Waals surface area contributed by atoms with Crippen molar-refractivity contribution >= 4 is 46.4 Å². The molecule has 1 aromatic heterocycles. The van der Waals surface area contributed by atoms with Crippen molar-refractivity contribution in [2.45, 2.75) is 31.1 Å². The van der Waals surface area contributed by atoms with Gasteiger partial charge in [-0.15, -0.1) is 35.3 Å². The van der Waals surface area contributed by atoms with Crippen molar-refractivity contribution < 1.29 is 4.39 Å². The van der Waals surface area contributed by atoms with E-state index >= 15 is 0 Å². The van der Waals surface area contributed by atoms with Crippen LogP contribution >= 0.6 is 35.3 Å². The van der Waals surface area contributed by atoms with Crippen LogP contribution in [0.2, 0.25) is 0 Å². The molecule has 2 N–H and O–H groups in total. The maximum Gasteiger partial charge on any atom is 0.191 e. The number of hydrogen-bond donors (Lipinski definition) is 1. The van der Waals surface area contributed by atoms with Gasteiger partial charge < -0.3 is 15.5 Å². The summed E-state index contributed by atoms with van der Waals surface area (Å²) in [4.78, 5) is 13.6. The van der Waals surface area contributed by atoms with Crippen LogP contribution < -0.4 is 10.6 Å². The minimum absolute atomic E-state index is 0. The molecule has 2 fully saturated rings. The highest BCUT2D eigenvalue weighted by Gasteiger charge is 2.35. The van der Waals surface area contributed by atoms with Gasteiger partial charge in [-0.1, -0.05) is 25.0 Å². The average Bonchev–Trinajstić information content (AvgIpc) is 3.40. The second-order valence-electron chi connectivity index (χ2n) is 7.46. The molecular weight excluding hydrogens is 488 g/mol. The summed E-state index contributed by atoms with van der Waals surface area (Å²) in [6.45, 7) is 4.22. The Labute approximate surface area is 186 Å². The van der Waals surface area contributed by atoms with E-state index in [1.807, 2.05) is 23.7 Å². The zero-order valence-electron chi connectivity index (χ0n) is 15.9. The maximum atomic E-state index is 13.3. The van der Waals surface area contributed by atoms with E-state index in [1.54, 1.807) is 23.5 Å². The van der Waals surface area contributed by atoms with Gasteiger partial charge in [-0.2, -0.15) is 0 Å². The molecule has 1 aromatic carbocycles. The Hall–Kier alpha value is -1.42. The molecule has 152 valence electrons. The Bertz CT molecular complexity index is 766. The number of guanidine groups is 1. The lowest BCUT2D eigenvalue weighted by Gasteiger charge is -2.35. The summed E-state index contributed by atoms with van der Waals surface area (Å²) < 4.78 is 13.3. The molecule has 0 spiro atoms. The zero-order valence-corrected chi connectivity index (χ0v) is 19.0. The number of piperazine rings is 1. The predicted molar refractivity (Wildman–Crippen MR) is 124 cm³/mol. The number of aromatic nitrogens is 1. The van der Waals surface area contributed by atoms with Gasteiger partial charge >= 0.3 is 0 Å². The number of rotatable bonds is 4. The van der Waals surface area contributed by atoms with Gasteiger partial charge in [0.2, 0.25) is 0 Å². The number of nitrogens with two attached hydrogens (primary N) is 1. The standard InChI is InChI=1S/C20H26FN5S.HI/c21-17-5-3-16(4-6-17)20(7-1-2-8-20)15-24-18(22)25-10-12-26(13-11-25)19-23-9-14-27-19;/h3-6,9,14H,1-2,7-8,10-13,15H2,(H2,22,24);1H. The molecule has 0 radical (unpaired) electrons. The minimum atomic E-state index is -0.187. The van der Waals surface area contributed by atoms with Crippen LogP contribution in [0.4, 0.5) is 9.52 Å². The molecule has 0 unspecified atom stereocenters. The van der Waals surface area contributed by atoms with E-state index in [1.165, 1.54) is 18.4 Å². The molecular formula is C20H27FIN5S. The topological polar surface area (TPSA) is 57.8 Å². The SMILES string of the molecule is I.NC(=NCC1(c2ccc(F)cc2)CCCC1)N1CCN(c2nccs2)CC1. The van der Waals surface area contributed by atoms with E-state index < -0.39 is 0 Å². The van der Waals surface area contributed by atoms with E-state index in [9.17, 15) is 4.39 Å². The monoisotopic (exact) mass is 515 g/mol. The Morgan fingerprint density at radius 3 is 2.43 bits per heavy atom. The molecule has 4 rings (SSSR count). The maximum absolute atomic E-state index is 13.3. The normalized spacial score (nSPS) is 19.5. The lowest BCUT2D eigenvalue weighted by Crippen LogP contribution is -2.51. The van der Waals surface area contributed by atoms with E-state index in [0.29, 0.717) is 12.5 Å². The fourth-order valence-corrected chi connectivity index (χ4v) is 4.92. The van der Waals surface area contributed by atoms with E-state index in [0.717, 1.165) is 44.2 Å². The zero-order chi connectivity index (χ0) is 18.7. The number of thiazole rings is 1. The third-order valence-electron chi connectivity index (χ3n) is 5.85. The van der Waals surface area contributed by atoms with Gasteiger partial charge in [0.1, 0.15) is 5.82 Å². The lowest BCUT2D eigenvalue weighted by atomic mass is 9.79. The van der Waals surface area contributed by atoms with Gasteiger partial charge in [0.15, 0.2) is 11.1 Å². The molecule has 2 aliphatic rings. The largest absolute Gasteiger partial charge is 0.370 e. The third-order valence-corrected chi connectivity index (χ3v) is 6.69. The summed E-state index contributed by atoms with van der Waals surface area (Å²) in [7, 11) is 0. The van der Waals surface area contributed by atoms with Crippen LogP contribution in [0, 0.1) is 5.82 Å². The first-order valence-corrected chi connectivity index (χ1v) is 10.5. The highest BCUT2D eigenvalue weighted by Crippen LogP contribution is 2.41. The van der Waals surface area contributed by atoms with Crippen LogP contribution in [-0.2, 0) is 5.41 Å². The van der Waals surface area contributed by atoms with E-state index in [2.05, 4.69) is 14.8 Å². The third kappa shape index (κ3) is 4.59. The number of hydrogen-bond acceptors (Lipinski definition) is 4. The molecule has 2 heterocycles. The Morgan fingerprint density at radius 2 is 1.82 bits per heavy atom. The van der Waals surface area contributed by atoms with Crippen molar-refractivity contribution in [3.63, 3.8) is 0 Å². The number of anilines is 1. The van der Waals surface area contributed by atoms with Gasteiger partial charge in [0.05, 0.1) is 6.54 Å². The molecule has 1 saturated heterocycles. The molecule has 0 bridgehead atoms. The fraction of sp³-hybridized carbons (Fsp3) is 0.500. The minimum Gasteiger partial charge on any atom is -0.370 e. The molecule has 28 heavy (non-hydrogen) atoms. The second kappa shape index (κ2) is 9.39.